The molecule has 5 heteroatoms. The van der Waals surface area contributed by atoms with Crippen LogP contribution in [0.3, 0.4) is 0 Å². The zero-order chi connectivity index (χ0) is 25.8. The zero-order valence-electron chi connectivity index (χ0n) is 21.1. The average molecular weight is 492 g/mol. The van der Waals surface area contributed by atoms with E-state index >= 15 is 0 Å². The molecule has 5 nitrogen and oxygen atoms in total. The van der Waals surface area contributed by atoms with Gasteiger partial charge in [-0.1, -0.05) is 97.6 Å². The summed E-state index contributed by atoms with van der Waals surface area (Å²) in [6.07, 6.45) is 2.91. The van der Waals surface area contributed by atoms with Gasteiger partial charge < -0.3 is 4.90 Å². The van der Waals surface area contributed by atoms with Gasteiger partial charge in [0.15, 0.2) is 0 Å². The van der Waals surface area contributed by atoms with Crippen molar-refractivity contribution in [2.75, 3.05) is 19.6 Å². The molecule has 188 valence electrons. The summed E-state index contributed by atoms with van der Waals surface area (Å²) in [5.74, 6) is 0.505. The molecule has 2 fully saturated rings. The van der Waals surface area contributed by atoms with E-state index in [1.54, 1.807) is 4.90 Å². The van der Waals surface area contributed by atoms with Crippen LogP contribution in [0.2, 0.25) is 0 Å². The van der Waals surface area contributed by atoms with Crippen molar-refractivity contribution in [3.63, 3.8) is 0 Å². The van der Waals surface area contributed by atoms with Gasteiger partial charge in [0.1, 0.15) is 11.3 Å². The van der Waals surface area contributed by atoms with E-state index in [2.05, 4.69) is 18.7 Å². The highest BCUT2D eigenvalue weighted by Gasteiger charge is 2.55. The van der Waals surface area contributed by atoms with Gasteiger partial charge in [-0.25, -0.2) is 0 Å². The fraction of sp³-hybridized carbons (Fsp3) is 0.281. The highest BCUT2D eigenvalue weighted by molar-refractivity contribution is 6.22. The molecule has 0 bridgehead atoms. The lowest BCUT2D eigenvalue weighted by molar-refractivity contribution is -0.133. The number of amides is 2. The Morgan fingerprint density at radius 1 is 0.865 bits per heavy atom. The standard InChI is InChI=1S/C32H33N3O2/c1-24-30(33)35(31(37)32(24,27-13-7-3-8-14-27)28-15-9-4-10-16-28)23-26-19-21-34(22-20-26)29(36)18-17-25-11-5-2-6-12-25/h2-16,26,33H,1,17-23H2. The van der Waals surface area contributed by atoms with Gasteiger partial charge in [-0.3, -0.25) is 19.9 Å². The Kier molecular flexibility index (Phi) is 7.04. The number of nitrogens with zero attached hydrogens (tertiary/aromatic N) is 2. The van der Waals surface area contributed by atoms with Crippen LogP contribution in [-0.2, 0) is 21.4 Å². The summed E-state index contributed by atoms with van der Waals surface area (Å²) in [7, 11) is 0. The number of carbonyl (C=O) groups excluding carboxylic acids is 2. The summed E-state index contributed by atoms with van der Waals surface area (Å²) in [5.41, 5.74) is 2.28. The number of piperidine rings is 1. The average Bonchev–Trinajstić information content (AvgIpc) is 3.14. The number of carbonyl (C=O) groups is 2. The van der Waals surface area contributed by atoms with Crippen molar-refractivity contribution in [2.24, 2.45) is 5.92 Å². The zero-order valence-corrected chi connectivity index (χ0v) is 21.1. The minimum atomic E-state index is -1.09. The van der Waals surface area contributed by atoms with Crippen molar-refractivity contribution < 1.29 is 9.59 Å². The number of aryl methyl sites for hydroxylation is 1. The number of hydrogen-bond acceptors (Lipinski definition) is 3. The first-order valence-electron chi connectivity index (χ1n) is 13.0. The molecule has 0 saturated carbocycles. The van der Waals surface area contributed by atoms with E-state index < -0.39 is 5.41 Å². The quantitative estimate of drug-likeness (QED) is 0.493. The molecular weight excluding hydrogens is 458 g/mol. The van der Waals surface area contributed by atoms with Crippen molar-refractivity contribution in [2.45, 2.75) is 31.1 Å². The third kappa shape index (κ3) is 4.62. The van der Waals surface area contributed by atoms with E-state index in [1.807, 2.05) is 83.8 Å². The normalized spacial score (nSPS) is 17.9. The van der Waals surface area contributed by atoms with Crippen LogP contribution in [0.4, 0.5) is 0 Å². The van der Waals surface area contributed by atoms with Crippen molar-refractivity contribution in [3.8, 4) is 0 Å². The molecule has 2 aliphatic heterocycles. The molecule has 3 aromatic carbocycles. The van der Waals surface area contributed by atoms with Crippen molar-refractivity contribution >= 4 is 17.6 Å². The SMILES string of the molecule is C=C1C(=N)N(CC2CCN(C(=O)CCc3ccccc3)CC2)C(=O)C1(c1ccccc1)c1ccccc1. The molecule has 37 heavy (non-hydrogen) atoms. The predicted molar refractivity (Wildman–Crippen MR) is 146 cm³/mol. The molecule has 5 rings (SSSR count). The smallest absolute Gasteiger partial charge is 0.247 e. The van der Waals surface area contributed by atoms with Crippen LogP contribution < -0.4 is 0 Å². The molecule has 2 aliphatic rings. The van der Waals surface area contributed by atoms with Gasteiger partial charge >= 0.3 is 0 Å². The molecule has 2 saturated heterocycles. The van der Waals surface area contributed by atoms with Crippen molar-refractivity contribution in [3.05, 3.63) is 120 Å². The van der Waals surface area contributed by atoms with Crippen LogP contribution in [0.15, 0.2) is 103 Å². The summed E-state index contributed by atoms with van der Waals surface area (Å²) in [5, 5.41) is 8.90. The lowest BCUT2D eigenvalue weighted by Crippen LogP contribution is -2.45. The maximum absolute atomic E-state index is 14.2. The summed E-state index contributed by atoms with van der Waals surface area (Å²) in [6, 6.07) is 29.5. The van der Waals surface area contributed by atoms with Gasteiger partial charge in [0.25, 0.3) is 0 Å². The Bertz CT molecular complexity index is 1240. The summed E-state index contributed by atoms with van der Waals surface area (Å²) in [4.78, 5) is 30.5. The lowest BCUT2D eigenvalue weighted by atomic mass is 9.70. The maximum Gasteiger partial charge on any atom is 0.247 e. The first kappa shape index (κ1) is 24.7. The summed E-state index contributed by atoms with van der Waals surface area (Å²) >= 11 is 0. The molecule has 0 radical (unpaired) electrons. The number of benzene rings is 3. The third-order valence-electron chi connectivity index (χ3n) is 7.87. The van der Waals surface area contributed by atoms with Crippen LogP contribution in [-0.4, -0.2) is 47.1 Å². The van der Waals surface area contributed by atoms with Crippen LogP contribution >= 0.6 is 0 Å². The fourth-order valence-corrected chi connectivity index (χ4v) is 5.76. The molecule has 1 N–H and O–H groups in total. The molecule has 0 unspecified atom stereocenters. The highest BCUT2D eigenvalue weighted by atomic mass is 16.2. The predicted octanol–water partition coefficient (Wildman–Crippen LogP) is 5.22. The Balaban J connectivity index is 1.28. The van der Waals surface area contributed by atoms with Crippen LogP contribution in [0.1, 0.15) is 36.0 Å². The monoisotopic (exact) mass is 491 g/mol. The number of nitrogens with one attached hydrogen (secondary N) is 1. The van der Waals surface area contributed by atoms with Gasteiger partial charge in [0, 0.05) is 31.6 Å². The third-order valence-corrected chi connectivity index (χ3v) is 7.87. The molecule has 0 aliphatic carbocycles. The second kappa shape index (κ2) is 10.6. The molecule has 0 aromatic heterocycles. The molecule has 3 aromatic rings. The van der Waals surface area contributed by atoms with Gasteiger partial charge in [-0.05, 0) is 41.9 Å². The van der Waals surface area contributed by atoms with Crippen LogP contribution in [0, 0.1) is 11.3 Å². The summed E-state index contributed by atoms with van der Waals surface area (Å²) in [6.45, 7) is 6.14. The molecule has 0 spiro atoms. The summed E-state index contributed by atoms with van der Waals surface area (Å²) < 4.78 is 0. The van der Waals surface area contributed by atoms with Gasteiger partial charge in [0.2, 0.25) is 11.8 Å². The second-order valence-corrected chi connectivity index (χ2v) is 10.0. The van der Waals surface area contributed by atoms with Gasteiger partial charge in [0.05, 0.1) is 0 Å². The molecule has 2 amide bonds. The molecule has 0 atom stereocenters. The number of rotatable bonds is 7. The Labute approximate surface area is 218 Å². The lowest BCUT2D eigenvalue weighted by Gasteiger charge is -2.34. The topological polar surface area (TPSA) is 64.5 Å². The van der Waals surface area contributed by atoms with E-state index in [4.69, 9.17) is 5.41 Å². The van der Waals surface area contributed by atoms with Gasteiger partial charge in [-0.2, -0.15) is 0 Å². The minimum Gasteiger partial charge on any atom is -0.343 e. The molecular formula is C32H33N3O2. The van der Waals surface area contributed by atoms with E-state index in [-0.39, 0.29) is 23.6 Å². The first-order valence-corrected chi connectivity index (χ1v) is 13.0. The fourth-order valence-electron chi connectivity index (χ4n) is 5.76. The van der Waals surface area contributed by atoms with Gasteiger partial charge in [-0.15, -0.1) is 0 Å². The second-order valence-electron chi connectivity index (χ2n) is 10.0. The Morgan fingerprint density at radius 3 is 1.92 bits per heavy atom. The Hall–Kier alpha value is -3.99. The van der Waals surface area contributed by atoms with E-state index in [9.17, 15) is 9.59 Å². The first-order chi connectivity index (χ1) is 18.0. The number of amidine groups is 1. The van der Waals surface area contributed by atoms with E-state index in [1.165, 1.54) is 5.56 Å². The van der Waals surface area contributed by atoms with Crippen LogP contribution in [0.25, 0.3) is 0 Å². The van der Waals surface area contributed by atoms with E-state index in [0.717, 1.165) is 30.4 Å². The number of hydrogen-bond donors (Lipinski definition) is 1. The van der Waals surface area contributed by atoms with Crippen molar-refractivity contribution in [1.82, 2.24) is 9.80 Å². The van der Waals surface area contributed by atoms with Crippen LogP contribution in [0.5, 0.6) is 0 Å². The maximum atomic E-state index is 14.2. The van der Waals surface area contributed by atoms with E-state index in [0.29, 0.717) is 31.6 Å². The van der Waals surface area contributed by atoms with Crippen molar-refractivity contribution in [1.29, 1.82) is 5.41 Å². The minimum absolute atomic E-state index is 0.110. The Morgan fingerprint density at radius 2 is 1.38 bits per heavy atom. The number of likely N-dealkylation sites (tertiary alicyclic amines) is 2. The highest BCUT2D eigenvalue weighted by Crippen LogP contribution is 2.46. The largest absolute Gasteiger partial charge is 0.343 e. The molecule has 2 heterocycles.